The molecule has 3 heteroatoms. The molecular weight excluding hydrogens is 396 g/mol. The Morgan fingerprint density at radius 3 is 2.22 bits per heavy atom. The molecule has 4 aromatic rings. The van der Waals surface area contributed by atoms with Crippen LogP contribution in [-0.2, 0) is 6.42 Å². The average Bonchev–Trinajstić information content (AvgIpc) is 2.74. The predicted octanol–water partition coefficient (Wildman–Crippen LogP) is 7.06. The van der Waals surface area contributed by atoms with E-state index in [0.29, 0.717) is 0 Å². The molecule has 0 saturated heterocycles. The molecule has 0 fully saturated rings. The van der Waals surface area contributed by atoms with Crippen LogP contribution >= 0.6 is 15.9 Å². The third-order valence-electron chi connectivity index (χ3n) is 5.51. The molecule has 27 heavy (non-hydrogen) atoms. The Balaban J connectivity index is 0.000000257. The summed E-state index contributed by atoms with van der Waals surface area (Å²) < 4.78 is 1.19. The summed E-state index contributed by atoms with van der Waals surface area (Å²) >= 11 is 3.68. The van der Waals surface area contributed by atoms with Crippen LogP contribution in [0.5, 0.6) is 0 Å². The molecule has 1 heterocycles. The monoisotopic (exact) mass is 418 g/mol. The first-order valence-corrected chi connectivity index (χ1v) is 10.4. The Bertz CT molecular complexity index is 1030. The molecule has 1 aliphatic rings. The van der Waals surface area contributed by atoms with E-state index >= 15 is 0 Å². The van der Waals surface area contributed by atoms with Gasteiger partial charge in [0.05, 0.1) is 0 Å². The Morgan fingerprint density at radius 1 is 0.852 bits per heavy atom. The van der Waals surface area contributed by atoms with Gasteiger partial charge in [-0.1, -0.05) is 59.3 Å². The number of rotatable bonds is 1. The molecular formula is C24H23BrN2. The van der Waals surface area contributed by atoms with Gasteiger partial charge in [-0.25, -0.2) is 0 Å². The molecule has 1 aliphatic carbocycles. The van der Waals surface area contributed by atoms with Crippen molar-refractivity contribution < 1.29 is 0 Å². The Hall–Kier alpha value is -2.26. The molecule has 0 saturated carbocycles. The first-order valence-electron chi connectivity index (χ1n) is 9.62. The number of aryl methyl sites for hydroxylation is 1. The number of nitrogens with zero attached hydrogens (tertiary/aromatic N) is 2. The lowest BCUT2D eigenvalue weighted by atomic mass is 9.78. The fourth-order valence-electron chi connectivity index (χ4n) is 4.25. The fraction of sp³-hybridized carbons (Fsp3) is 0.250. The number of benzene rings is 3. The van der Waals surface area contributed by atoms with E-state index in [4.69, 9.17) is 0 Å². The molecule has 0 aliphatic heterocycles. The lowest BCUT2D eigenvalue weighted by molar-refractivity contribution is 0.544. The highest BCUT2D eigenvalue weighted by Gasteiger charge is 2.21. The molecule has 2 nitrogen and oxygen atoms in total. The largest absolute Gasteiger partial charge is 0.262 e. The predicted molar refractivity (Wildman–Crippen MR) is 117 cm³/mol. The van der Waals surface area contributed by atoms with Crippen molar-refractivity contribution in [1.82, 2.24) is 9.97 Å². The summed E-state index contributed by atoms with van der Waals surface area (Å²) in [5.41, 5.74) is 3.21. The van der Waals surface area contributed by atoms with E-state index in [1.54, 1.807) is 35.9 Å². The molecule has 0 spiro atoms. The minimum Gasteiger partial charge on any atom is -0.262 e. The van der Waals surface area contributed by atoms with Gasteiger partial charge in [0.25, 0.3) is 0 Å². The maximum absolute atomic E-state index is 3.72. The van der Waals surface area contributed by atoms with Gasteiger partial charge in [0.1, 0.15) is 0 Å². The van der Waals surface area contributed by atoms with E-state index in [-0.39, 0.29) is 0 Å². The molecule has 1 unspecified atom stereocenters. The van der Waals surface area contributed by atoms with E-state index < -0.39 is 0 Å². The van der Waals surface area contributed by atoms with Gasteiger partial charge in [-0.3, -0.25) is 9.97 Å². The number of aromatic nitrogens is 2. The second-order valence-corrected chi connectivity index (χ2v) is 7.88. The van der Waals surface area contributed by atoms with E-state index in [1.807, 2.05) is 0 Å². The van der Waals surface area contributed by atoms with Gasteiger partial charge in [-0.15, -0.1) is 0 Å². The Labute approximate surface area is 168 Å². The van der Waals surface area contributed by atoms with Crippen LogP contribution in [0.25, 0.3) is 21.5 Å². The van der Waals surface area contributed by atoms with Gasteiger partial charge < -0.3 is 0 Å². The smallest absolute Gasteiger partial charge is 0.0451 e. The molecule has 0 radical (unpaired) electrons. The summed E-state index contributed by atoms with van der Waals surface area (Å²) in [6.07, 6.45) is 11.7. The van der Waals surface area contributed by atoms with Crippen molar-refractivity contribution in [3.05, 3.63) is 82.9 Å². The minimum absolute atomic E-state index is 0.738. The van der Waals surface area contributed by atoms with Crippen LogP contribution in [0.3, 0.4) is 0 Å². The van der Waals surface area contributed by atoms with Crippen LogP contribution in [0.4, 0.5) is 0 Å². The van der Waals surface area contributed by atoms with Crippen LogP contribution in [0.2, 0.25) is 0 Å². The number of fused-ring (bicyclic) bond motifs is 5. The summed E-state index contributed by atoms with van der Waals surface area (Å²) in [6, 6.07) is 15.8. The zero-order chi connectivity index (χ0) is 18.6. The zero-order valence-electron chi connectivity index (χ0n) is 15.5. The molecule has 0 N–H and O–H groups in total. The molecule has 3 aromatic carbocycles. The zero-order valence-corrected chi connectivity index (χ0v) is 17.1. The molecule has 1 atom stereocenters. The molecule has 5 rings (SSSR count). The van der Waals surface area contributed by atoms with Crippen molar-refractivity contribution in [2.45, 2.75) is 38.5 Å². The summed E-state index contributed by atoms with van der Waals surface area (Å²) in [4.78, 5) is 7.44. The van der Waals surface area contributed by atoms with Gasteiger partial charge in [-0.05, 0) is 70.3 Å². The van der Waals surface area contributed by atoms with Gasteiger partial charge >= 0.3 is 0 Å². The van der Waals surface area contributed by atoms with Crippen LogP contribution in [0.15, 0.2) is 71.7 Å². The molecule has 136 valence electrons. The SMILES string of the molecule is CCC1CCCc2ccc3c(ccc4c(Br)cccc43)c21.c1cnccn1. The summed E-state index contributed by atoms with van der Waals surface area (Å²) in [5.74, 6) is 0.738. The van der Waals surface area contributed by atoms with E-state index in [1.165, 1.54) is 51.7 Å². The normalized spacial score (nSPS) is 15.9. The molecule has 1 aromatic heterocycles. The van der Waals surface area contributed by atoms with E-state index in [2.05, 4.69) is 75.3 Å². The Kier molecular flexibility index (Phi) is 5.49. The van der Waals surface area contributed by atoms with Crippen LogP contribution in [0, 0.1) is 0 Å². The average molecular weight is 419 g/mol. The first-order chi connectivity index (χ1) is 13.3. The second-order valence-electron chi connectivity index (χ2n) is 7.03. The van der Waals surface area contributed by atoms with Crippen LogP contribution in [0.1, 0.15) is 43.2 Å². The maximum Gasteiger partial charge on any atom is 0.0451 e. The quantitative estimate of drug-likeness (QED) is 0.309. The van der Waals surface area contributed by atoms with Crippen molar-refractivity contribution in [1.29, 1.82) is 0 Å². The maximum atomic E-state index is 3.72. The van der Waals surface area contributed by atoms with Gasteiger partial charge in [0, 0.05) is 29.3 Å². The third kappa shape index (κ3) is 3.61. The van der Waals surface area contributed by atoms with Crippen molar-refractivity contribution in [2.24, 2.45) is 0 Å². The van der Waals surface area contributed by atoms with E-state index in [9.17, 15) is 0 Å². The van der Waals surface area contributed by atoms with Crippen LogP contribution in [-0.4, -0.2) is 9.97 Å². The minimum atomic E-state index is 0.738. The highest BCUT2D eigenvalue weighted by Crippen LogP contribution is 2.41. The number of hydrogen-bond donors (Lipinski definition) is 0. The van der Waals surface area contributed by atoms with Crippen molar-refractivity contribution in [2.75, 3.05) is 0 Å². The first kappa shape index (κ1) is 18.1. The van der Waals surface area contributed by atoms with Crippen molar-refractivity contribution >= 4 is 37.5 Å². The van der Waals surface area contributed by atoms with Crippen molar-refractivity contribution in [3.63, 3.8) is 0 Å². The topological polar surface area (TPSA) is 25.8 Å². The molecule has 0 bridgehead atoms. The third-order valence-corrected chi connectivity index (χ3v) is 6.21. The highest BCUT2D eigenvalue weighted by molar-refractivity contribution is 9.10. The van der Waals surface area contributed by atoms with Gasteiger partial charge in [0.2, 0.25) is 0 Å². The molecule has 0 amide bonds. The lowest BCUT2D eigenvalue weighted by Gasteiger charge is -2.26. The second kappa shape index (κ2) is 8.18. The van der Waals surface area contributed by atoms with Crippen molar-refractivity contribution in [3.8, 4) is 0 Å². The van der Waals surface area contributed by atoms with Gasteiger partial charge in [-0.2, -0.15) is 0 Å². The standard InChI is InChI=1S/C20H19Br.C4H4N2/c1-2-13-5-3-6-14-9-10-16-15-7-4-8-19(21)17(15)11-12-18(16)20(13)14;1-2-6-4-3-5-1/h4,7-13H,2-3,5-6H2,1H3;1-4H. The lowest BCUT2D eigenvalue weighted by Crippen LogP contribution is -2.09. The number of hydrogen-bond acceptors (Lipinski definition) is 2. The van der Waals surface area contributed by atoms with Gasteiger partial charge in [0.15, 0.2) is 0 Å². The fourth-order valence-corrected chi connectivity index (χ4v) is 4.75. The number of halogens is 1. The highest BCUT2D eigenvalue weighted by atomic mass is 79.9. The summed E-state index contributed by atoms with van der Waals surface area (Å²) in [5, 5.41) is 5.57. The van der Waals surface area contributed by atoms with E-state index in [0.717, 1.165) is 5.92 Å². The summed E-state index contributed by atoms with van der Waals surface area (Å²) in [6.45, 7) is 2.33. The van der Waals surface area contributed by atoms with Crippen LogP contribution < -0.4 is 0 Å². The Morgan fingerprint density at radius 2 is 1.52 bits per heavy atom. The summed E-state index contributed by atoms with van der Waals surface area (Å²) in [7, 11) is 0.